The number of tetrazole rings is 1. The lowest BCUT2D eigenvalue weighted by Crippen LogP contribution is -2.43. The fraction of sp³-hybridized carbons (Fsp3) is 0.526. The molecule has 8 heteroatoms. The molecule has 1 saturated carbocycles. The van der Waals surface area contributed by atoms with Gasteiger partial charge in [-0.25, -0.2) is 4.79 Å². The molecule has 2 atom stereocenters. The van der Waals surface area contributed by atoms with Gasteiger partial charge in [0.25, 0.3) is 5.91 Å². The minimum Gasteiger partial charge on any atom is -0.454 e. The highest BCUT2D eigenvalue weighted by atomic mass is 16.5. The number of amides is 1. The van der Waals surface area contributed by atoms with Crippen molar-refractivity contribution < 1.29 is 14.3 Å². The van der Waals surface area contributed by atoms with Crippen molar-refractivity contribution in [2.24, 2.45) is 5.92 Å². The lowest BCUT2D eigenvalue weighted by atomic mass is 9.86. The maximum Gasteiger partial charge on any atom is 0.330 e. The molecule has 0 aliphatic heterocycles. The number of aromatic nitrogens is 4. The first-order valence-corrected chi connectivity index (χ1v) is 9.31. The highest BCUT2D eigenvalue weighted by Gasteiger charge is 2.23. The molecule has 8 nitrogen and oxygen atoms in total. The first-order chi connectivity index (χ1) is 13.0. The maximum atomic E-state index is 12.0. The standard InChI is InChI=1S/C19H25N5O3/c1-13-7-9-15(10-8-13)19-21-23-24(22-19)11-18(26)27-12-17(25)20-16-6-4-3-5-14(16)2/h7-10,14,16H,3-6,11-12H2,1-2H3,(H,20,25)/t14-,16+/m0/s1. The minimum atomic E-state index is -0.574. The molecule has 3 rings (SSSR count). The Labute approximate surface area is 158 Å². The number of carbonyl (C=O) groups is 2. The van der Waals surface area contributed by atoms with Crippen molar-refractivity contribution in [3.8, 4) is 11.4 Å². The van der Waals surface area contributed by atoms with Crippen LogP contribution in [0.5, 0.6) is 0 Å². The van der Waals surface area contributed by atoms with Gasteiger partial charge in [-0.1, -0.05) is 49.6 Å². The van der Waals surface area contributed by atoms with Gasteiger partial charge in [-0.05, 0) is 30.9 Å². The van der Waals surface area contributed by atoms with E-state index in [1.807, 2.05) is 31.2 Å². The molecular weight excluding hydrogens is 346 g/mol. The average molecular weight is 371 g/mol. The van der Waals surface area contributed by atoms with Crippen molar-refractivity contribution in [1.29, 1.82) is 0 Å². The summed E-state index contributed by atoms with van der Waals surface area (Å²) in [6, 6.07) is 7.86. The quantitative estimate of drug-likeness (QED) is 0.779. The number of nitrogens with one attached hydrogen (secondary N) is 1. The Hall–Kier alpha value is -2.77. The van der Waals surface area contributed by atoms with Crippen molar-refractivity contribution in [1.82, 2.24) is 25.5 Å². The number of esters is 1. The summed E-state index contributed by atoms with van der Waals surface area (Å²) in [7, 11) is 0. The molecule has 1 heterocycles. The Morgan fingerprint density at radius 2 is 1.96 bits per heavy atom. The van der Waals surface area contributed by atoms with Crippen molar-refractivity contribution in [3.05, 3.63) is 29.8 Å². The van der Waals surface area contributed by atoms with Gasteiger partial charge in [0.1, 0.15) is 0 Å². The van der Waals surface area contributed by atoms with E-state index in [9.17, 15) is 9.59 Å². The summed E-state index contributed by atoms with van der Waals surface area (Å²) < 4.78 is 5.04. The number of aryl methyl sites for hydroxylation is 1. The summed E-state index contributed by atoms with van der Waals surface area (Å²) in [6.45, 7) is 3.65. The van der Waals surface area contributed by atoms with Gasteiger partial charge in [-0.3, -0.25) is 4.79 Å². The van der Waals surface area contributed by atoms with Crippen molar-refractivity contribution in [2.45, 2.75) is 52.1 Å². The van der Waals surface area contributed by atoms with Gasteiger partial charge in [-0.2, -0.15) is 4.80 Å². The number of hydrogen-bond acceptors (Lipinski definition) is 6. The Morgan fingerprint density at radius 3 is 2.70 bits per heavy atom. The molecule has 1 fully saturated rings. The largest absolute Gasteiger partial charge is 0.454 e. The van der Waals surface area contributed by atoms with Gasteiger partial charge in [0.2, 0.25) is 5.82 Å². The molecule has 0 radical (unpaired) electrons. The minimum absolute atomic E-state index is 0.166. The number of hydrogen-bond donors (Lipinski definition) is 1. The molecule has 1 aromatic carbocycles. The van der Waals surface area contributed by atoms with Gasteiger partial charge >= 0.3 is 5.97 Å². The second-order valence-electron chi connectivity index (χ2n) is 7.11. The SMILES string of the molecule is Cc1ccc(-c2nnn(CC(=O)OCC(=O)N[C@@H]3CCCC[C@@H]3C)n2)cc1. The van der Waals surface area contributed by atoms with Gasteiger partial charge in [-0.15, -0.1) is 10.2 Å². The van der Waals surface area contributed by atoms with Crippen LogP contribution in [0.1, 0.15) is 38.2 Å². The first kappa shape index (κ1) is 19.0. The summed E-state index contributed by atoms with van der Waals surface area (Å²) in [5.74, 6) is 0.0495. The molecule has 0 bridgehead atoms. The summed E-state index contributed by atoms with van der Waals surface area (Å²) in [4.78, 5) is 25.1. The highest BCUT2D eigenvalue weighted by molar-refractivity contribution is 5.80. The fourth-order valence-electron chi connectivity index (χ4n) is 3.21. The zero-order chi connectivity index (χ0) is 19.2. The molecule has 0 spiro atoms. The van der Waals surface area contributed by atoms with E-state index in [0.29, 0.717) is 11.7 Å². The van der Waals surface area contributed by atoms with Crippen molar-refractivity contribution in [2.75, 3.05) is 6.61 Å². The second kappa shape index (κ2) is 8.75. The topological polar surface area (TPSA) is 99.0 Å². The zero-order valence-corrected chi connectivity index (χ0v) is 15.7. The molecule has 2 aromatic rings. The summed E-state index contributed by atoms with van der Waals surface area (Å²) in [6.07, 6.45) is 4.42. The monoisotopic (exact) mass is 371 g/mol. The molecule has 1 aliphatic rings. The number of rotatable bonds is 6. The smallest absolute Gasteiger partial charge is 0.330 e. The van der Waals surface area contributed by atoms with Crippen LogP contribution < -0.4 is 5.32 Å². The lowest BCUT2D eigenvalue weighted by Gasteiger charge is -2.29. The van der Waals surface area contributed by atoms with Crippen molar-refractivity contribution >= 4 is 11.9 Å². The average Bonchev–Trinajstić information content (AvgIpc) is 3.11. The normalized spacial score (nSPS) is 19.5. The van der Waals surface area contributed by atoms with Crippen LogP contribution in [0, 0.1) is 12.8 Å². The summed E-state index contributed by atoms with van der Waals surface area (Å²) >= 11 is 0. The Kier molecular flexibility index (Phi) is 6.16. The molecule has 0 saturated heterocycles. The fourth-order valence-corrected chi connectivity index (χ4v) is 3.21. The van der Waals surface area contributed by atoms with Crippen LogP contribution in [0.25, 0.3) is 11.4 Å². The molecule has 1 aliphatic carbocycles. The zero-order valence-electron chi connectivity index (χ0n) is 15.7. The van der Waals surface area contributed by atoms with Gasteiger partial charge in [0.05, 0.1) is 0 Å². The van der Waals surface area contributed by atoms with Crippen molar-refractivity contribution in [3.63, 3.8) is 0 Å². The van der Waals surface area contributed by atoms with Crippen LogP contribution in [0.3, 0.4) is 0 Å². The lowest BCUT2D eigenvalue weighted by molar-refractivity contribution is -0.149. The molecule has 0 unspecified atom stereocenters. The predicted molar refractivity (Wildman–Crippen MR) is 98.5 cm³/mol. The predicted octanol–water partition coefficient (Wildman–Crippen LogP) is 1.89. The third-order valence-electron chi connectivity index (χ3n) is 4.86. The third kappa shape index (κ3) is 5.35. The van der Waals surface area contributed by atoms with Crippen LogP contribution in [0.2, 0.25) is 0 Å². The molecular formula is C19H25N5O3. The first-order valence-electron chi connectivity index (χ1n) is 9.31. The Balaban J connectivity index is 1.45. The number of benzene rings is 1. The van der Waals surface area contributed by atoms with Gasteiger partial charge < -0.3 is 10.1 Å². The van der Waals surface area contributed by atoms with E-state index in [-0.39, 0.29) is 25.1 Å². The van der Waals surface area contributed by atoms with E-state index in [4.69, 9.17) is 4.74 Å². The number of carbonyl (C=O) groups excluding carboxylic acids is 2. The van der Waals surface area contributed by atoms with Crippen LogP contribution in [0.4, 0.5) is 0 Å². The molecule has 1 amide bonds. The highest BCUT2D eigenvalue weighted by Crippen LogP contribution is 2.23. The van der Waals surface area contributed by atoms with E-state index in [2.05, 4.69) is 27.7 Å². The van der Waals surface area contributed by atoms with E-state index in [1.54, 1.807) is 0 Å². The van der Waals surface area contributed by atoms with Crippen LogP contribution in [-0.4, -0.2) is 44.7 Å². The second-order valence-corrected chi connectivity index (χ2v) is 7.11. The van der Waals surface area contributed by atoms with Crippen LogP contribution >= 0.6 is 0 Å². The number of nitrogens with zero attached hydrogens (tertiary/aromatic N) is 4. The maximum absolute atomic E-state index is 12.0. The molecule has 27 heavy (non-hydrogen) atoms. The van der Waals surface area contributed by atoms with E-state index in [1.165, 1.54) is 11.2 Å². The molecule has 144 valence electrons. The van der Waals surface area contributed by atoms with E-state index < -0.39 is 5.97 Å². The van der Waals surface area contributed by atoms with Gasteiger partial charge in [0, 0.05) is 11.6 Å². The van der Waals surface area contributed by atoms with E-state index in [0.717, 1.165) is 30.4 Å². The summed E-state index contributed by atoms with van der Waals surface area (Å²) in [5, 5.41) is 14.9. The van der Waals surface area contributed by atoms with Crippen LogP contribution in [-0.2, 0) is 20.9 Å². The summed E-state index contributed by atoms with van der Waals surface area (Å²) in [5.41, 5.74) is 1.96. The number of ether oxygens (including phenoxy) is 1. The molecule has 1 aromatic heterocycles. The third-order valence-corrected chi connectivity index (χ3v) is 4.86. The Morgan fingerprint density at radius 1 is 1.22 bits per heavy atom. The molecule has 1 N–H and O–H groups in total. The Bertz CT molecular complexity index is 787. The van der Waals surface area contributed by atoms with Crippen LogP contribution in [0.15, 0.2) is 24.3 Å². The van der Waals surface area contributed by atoms with E-state index >= 15 is 0 Å². The van der Waals surface area contributed by atoms with Gasteiger partial charge in [0.15, 0.2) is 13.2 Å².